The van der Waals surface area contributed by atoms with Gasteiger partial charge in [-0.15, -0.1) is 0 Å². The molecule has 0 saturated carbocycles. The Morgan fingerprint density at radius 1 is 0.515 bits per heavy atom. The zero-order chi connectivity index (χ0) is 45.5. The molecule has 13 nitrogen and oxygen atoms in total. The van der Waals surface area contributed by atoms with Crippen LogP contribution in [0.5, 0.6) is 0 Å². The van der Waals surface area contributed by atoms with Crippen molar-refractivity contribution >= 4 is 124 Å². The molecule has 8 atom stereocenters. The number of fused-ring (bicyclic) bond motifs is 4. The van der Waals surface area contributed by atoms with Gasteiger partial charge in [-0.2, -0.15) is 0 Å². The van der Waals surface area contributed by atoms with Crippen molar-refractivity contribution in [2.75, 3.05) is 12.8 Å². The van der Waals surface area contributed by atoms with E-state index in [0.29, 0.717) is 25.9 Å². The summed E-state index contributed by atoms with van der Waals surface area (Å²) in [6.45, 7) is 5.33. The molecule has 6 bridgehead atoms. The van der Waals surface area contributed by atoms with Crippen molar-refractivity contribution in [3.05, 3.63) is 182 Å². The highest BCUT2D eigenvalue weighted by Crippen LogP contribution is 2.43. The minimum atomic E-state index is -4.69. The molecule has 66 heavy (non-hydrogen) atoms. The number of hydrogen-bond acceptors (Lipinski definition) is 13. The van der Waals surface area contributed by atoms with E-state index in [4.69, 9.17) is 50.3 Å². The molecule has 6 aromatic carbocycles. The highest BCUT2D eigenvalue weighted by atomic mass is 79.9. The highest BCUT2D eigenvalue weighted by molar-refractivity contribution is 9.10. The predicted molar refractivity (Wildman–Crippen MR) is 267 cm³/mol. The Morgan fingerprint density at radius 2 is 0.879 bits per heavy atom. The maximum atomic E-state index is 13.5. The molecule has 4 fully saturated rings. The van der Waals surface area contributed by atoms with Crippen LogP contribution in [-0.4, -0.2) is 94.3 Å². The van der Waals surface area contributed by atoms with Gasteiger partial charge in [-0.1, -0.05) is 198 Å². The third-order valence-electron chi connectivity index (χ3n) is 11.2. The molecule has 340 valence electrons. The van der Waals surface area contributed by atoms with Crippen LogP contribution in [0.15, 0.2) is 182 Å². The molecule has 0 N–H and O–H groups in total. The van der Waals surface area contributed by atoms with Crippen LogP contribution < -0.4 is 31.1 Å². The van der Waals surface area contributed by atoms with Crippen LogP contribution in [0.2, 0.25) is 12.6 Å². The number of halogens is 1. The number of benzene rings is 6. The van der Waals surface area contributed by atoms with E-state index < -0.39 is 81.4 Å². The third-order valence-corrected chi connectivity index (χ3v) is 42.6. The van der Waals surface area contributed by atoms with Crippen molar-refractivity contribution in [3.8, 4) is 0 Å². The minimum absolute atomic E-state index is 0.0577. The fraction of sp³-hybridized carbons (Fsp3) is 0.159. The quantitative estimate of drug-likeness (QED) is 0.114. The minimum Gasteiger partial charge on any atom is -0.465 e. The summed E-state index contributed by atoms with van der Waals surface area (Å²) in [6, 6.07) is 57.6. The second-order valence-corrected chi connectivity index (χ2v) is 41.0. The fourth-order valence-corrected chi connectivity index (χ4v) is 48.6. The van der Waals surface area contributed by atoms with Gasteiger partial charge in [-0.05, 0) is 25.6 Å². The molecule has 0 amide bonds. The molecule has 4 aliphatic heterocycles. The number of rotatable bonds is 10. The maximum Gasteiger partial charge on any atom is 0.522 e. The summed E-state index contributed by atoms with van der Waals surface area (Å²) in [6.07, 6.45) is 0.105. The summed E-state index contributed by atoms with van der Waals surface area (Å²) in [5.41, 5.74) is 0. The van der Waals surface area contributed by atoms with Crippen LogP contribution in [-0.2, 0) is 55.1 Å². The topological polar surface area (TPSA) is 128 Å². The van der Waals surface area contributed by atoms with Crippen LogP contribution in [0.25, 0.3) is 0 Å². The Bertz CT molecular complexity index is 2630. The fourth-order valence-electron chi connectivity index (χ4n) is 8.04. The summed E-state index contributed by atoms with van der Waals surface area (Å²) in [4.78, 5) is 13.5. The van der Waals surface area contributed by atoms with E-state index in [1.807, 2.05) is 189 Å². The molecule has 10 rings (SSSR count). The molecule has 22 heteroatoms. The SMILES string of the molecule is C[SiH]1CO[Si]2(c3ccccc3)O[Si]3(CCOC(=O)C(C)(C)Br)O[SiH](c4ccccc4)O[Si]4(c5ccccc5)O[Si](c5ccccc5)(O1)O[Si](c1ccccc1)(O2)O[Si](c1ccccc1)(O3)O4. The Kier molecular flexibility index (Phi) is 13.0. The first-order valence-electron chi connectivity index (χ1n) is 21.6. The Balaban J connectivity index is 1.34. The molecule has 0 spiro atoms. The van der Waals surface area contributed by atoms with Gasteiger partial charge in [0.2, 0.25) is 0 Å². The van der Waals surface area contributed by atoms with E-state index in [9.17, 15) is 4.79 Å². The number of ether oxygens (including phenoxy) is 1. The number of esters is 1. The first kappa shape index (κ1) is 46.3. The average molecular weight is 1090 g/mol. The van der Waals surface area contributed by atoms with E-state index in [1.54, 1.807) is 13.8 Å². The molecule has 8 unspecified atom stereocenters. The summed E-state index contributed by atoms with van der Waals surface area (Å²) in [5.74, 6) is -0.483. The van der Waals surface area contributed by atoms with Gasteiger partial charge in [0.15, 0.2) is 9.04 Å². The molecule has 0 radical (unpaired) electrons. The van der Waals surface area contributed by atoms with Gasteiger partial charge < -0.3 is 50.3 Å². The van der Waals surface area contributed by atoms with Crippen molar-refractivity contribution in [3.63, 3.8) is 0 Å². The van der Waals surface area contributed by atoms with Gasteiger partial charge in [0, 0.05) is 25.9 Å². The molecule has 4 aliphatic rings. The van der Waals surface area contributed by atoms with Gasteiger partial charge in [0.05, 0.1) is 18.9 Å². The first-order valence-corrected chi connectivity index (χ1v) is 37.0. The van der Waals surface area contributed by atoms with Crippen LogP contribution in [0.1, 0.15) is 13.8 Å². The first-order chi connectivity index (χ1) is 31.9. The normalized spacial score (nSPS) is 32.1. The van der Waals surface area contributed by atoms with Crippen molar-refractivity contribution in [1.29, 1.82) is 0 Å². The lowest BCUT2D eigenvalue weighted by Gasteiger charge is -2.56. The Labute approximate surface area is 402 Å². The second-order valence-electron chi connectivity index (χ2n) is 16.6. The van der Waals surface area contributed by atoms with Crippen molar-refractivity contribution in [2.24, 2.45) is 0 Å². The van der Waals surface area contributed by atoms with Crippen molar-refractivity contribution in [2.45, 2.75) is 30.8 Å². The Morgan fingerprint density at radius 3 is 1.36 bits per heavy atom. The van der Waals surface area contributed by atoms with Gasteiger partial charge in [0.25, 0.3) is 0 Å². The lowest BCUT2D eigenvalue weighted by molar-refractivity contribution is -0.145. The summed E-state index contributed by atoms with van der Waals surface area (Å²) in [7, 11) is -33.2. The third kappa shape index (κ3) is 8.99. The van der Waals surface area contributed by atoms with Crippen LogP contribution in [0, 0.1) is 0 Å². The van der Waals surface area contributed by atoms with Crippen LogP contribution in [0.3, 0.4) is 0 Å². The number of carbonyl (C=O) groups excluding carboxylic acids is 1. The molecular formula is C44H47BrO13Si8. The zero-order valence-electron chi connectivity index (χ0n) is 36.3. The van der Waals surface area contributed by atoms with E-state index >= 15 is 0 Å². The largest absolute Gasteiger partial charge is 0.522 e. The van der Waals surface area contributed by atoms with Gasteiger partial charge >= 0.3 is 68.1 Å². The highest BCUT2D eigenvalue weighted by Gasteiger charge is 2.79. The zero-order valence-corrected chi connectivity index (χ0v) is 46.2. The van der Waals surface area contributed by atoms with Crippen molar-refractivity contribution in [1.82, 2.24) is 0 Å². The van der Waals surface area contributed by atoms with E-state index in [0.717, 1.165) is 5.19 Å². The van der Waals surface area contributed by atoms with E-state index in [2.05, 4.69) is 15.9 Å². The number of alkyl halides is 1. The van der Waals surface area contributed by atoms with E-state index in [-0.39, 0.29) is 18.9 Å². The van der Waals surface area contributed by atoms with Crippen molar-refractivity contribution < 1.29 is 55.1 Å². The average Bonchev–Trinajstić information content (AvgIpc) is 3.38. The maximum absolute atomic E-state index is 13.5. The molecule has 0 aliphatic carbocycles. The second kappa shape index (κ2) is 18.5. The van der Waals surface area contributed by atoms with E-state index in [1.165, 1.54) is 0 Å². The van der Waals surface area contributed by atoms with Gasteiger partial charge in [0.1, 0.15) is 4.32 Å². The molecular weight excluding hydrogens is 1040 g/mol. The monoisotopic (exact) mass is 1090 g/mol. The molecule has 0 aromatic heterocycles. The van der Waals surface area contributed by atoms with Gasteiger partial charge in [-0.3, -0.25) is 4.79 Å². The standard InChI is InChI=1S/C44H47BrO13Si8/c1-44(2,45)43(46)47-34-35-61-50-60(37-22-10-4-11-23-37)51-64(40-28-16-7-17-29-40)55-63(39-26-14-6-15-27-39)49-59(3)36-48-62(52-61,38-24-12-5-13-25-38)54-66(56-63,42-32-20-9-21-33-42)58-65(53-61,57-64)41-30-18-8-19-31-41/h4-33,59-60H,34-36H2,1-3H3. The van der Waals surface area contributed by atoms with Gasteiger partial charge in [-0.25, -0.2) is 0 Å². The van der Waals surface area contributed by atoms with Crippen LogP contribution in [0.4, 0.5) is 0 Å². The summed E-state index contributed by atoms with van der Waals surface area (Å²) in [5, 5.41) is 3.76. The predicted octanol–water partition coefficient (Wildman–Crippen LogP) is 3.13. The van der Waals surface area contributed by atoms with Crippen LogP contribution >= 0.6 is 15.9 Å². The molecule has 4 saturated heterocycles. The lowest BCUT2D eigenvalue weighted by atomic mass is 10.2. The smallest absolute Gasteiger partial charge is 0.465 e. The summed E-state index contributed by atoms with van der Waals surface area (Å²) >= 11 is 3.48. The lowest BCUT2D eigenvalue weighted by Crippen LogP contribution is -2.88. The Hall–Kier alpha value is -3.43. The molecule has 4 heterocycles. The molecule has 6 aromatic rings. The summed E-state index contributed by atoms with van der Waals surface area (Å²) < 4.78 is 90.8. The number of carbonyl (C=O) groups is 1. The number of hydrogen-bond donors (Lipinski definition) is 0.